The van der Waals surface area contributed by atoms with Crippen LogP contribution in [0.15, 0.2) is 27.4 Å². The Balaban J connectivity index is 1.63. The van der Waals surface area contributed by atoms with Gasteiger partial charge in [-0.1, -0.05) is 47.7 Å². The SMILES string of the molecule is CCCSc1nn(CN2CCN(S(=O)(=O)c3ccc(C)cc3C)CC2)c(=S)s1. The number of rotatable bonds is 7. The van der Waals surface area contributed by atoms with E-state index in [1.165, 1.54) is 0 Å². The van der Waals surface area contributed by atoms with E-state index >= 15 is 0 Å². The van der Waals surface area contributed by atoms with Gasteiger partial charge < -0.3 is 0 Å². The maximum Gasteiger partial charge on any atom is 0.243 e. The summed E-state index contributed by atoms with van der Waals surface area (Å²) in [6.45, 7) is 8.87. The number of aryl methyl sites for hydroxylation is 2. The van der Waals surface area contributed by atoms with Gasteiger partial charge in [-0.15, -0.1) is 0 Å². The summed E-state index contributed by atoms with van der Waals surface area (Å²) in [5.41, 5.74) is 1.87. The van der Waals surface area contributed by atoms with Gasteiger partial charge in [0.25, 0.3) is 0 Å². The number of thioether (sulfide) groups is 1. The second-order valence-electron chi connectivity index (χ2n) is 6.91. The van der Waals surface area contributed by atoms with Gasteiger partial charge in [0.05, 0.1) is 11.6 Å². The van der Waals surface area contributed by atoms with Gasteiger partial charge in [-0.2, -0.15) is 9.40 Å². The van der Waals surface area contributed by atoms with E-state index in [1.807, 2.05) is 30.7 Å². The molecule has 1 fully saturated rings. The fourth-order valence-electron chi connectivity index (χ4n) is 3.15. The van der Waals surface area contributed by atoms with Crippen LogP contribution < -0.4 is 0 Å². The zero-order valence-electron chi connectivity index (χ0n) is 16.4. The Labute approximate surface area is 180 Å². The molecule has 1 aromatic heterocycles. The van der Waals surface area contributed by atoms with Gasteiger partial charge in [-0.25, -0.2) is 13.1 Å². The molecule has 0 unspecified atom stereocenters. The van der Waals surface area contributed by atoms with Crippen LogP contribution in [0.1, 0.15) is 24.5 Å². The van der Waals surface area contributed by atoms with E-state index in [1.54, 1.807) is 33.5 Å². The summed E-state index contributed by atoms with van der Waals surface area (Å²) in [6, 6.07) is 5.49. The Morgan fingerprint density at radius 3 is 2.57 bits per heavy atom. The molecule has 1 aromatic carbocycles. The number of piperazine rings is 1. The van der Waals surface area contributed by atoms with Crippen molar-refractivity contribution in [3.05, 3.63) is 33.3 Å². The highest BCUT2D eigenvalue weighted by atomic mass is 32.2. The summed E-state index contributed by atoms with van der Waals surface area (Å²) in [4.78, 5) is 2.61. The van der Waals surface area contributed by atoms with Crippen molar-refractivity contribution in [2.24, 2.45) is 0 Å². The topological polar surface area (TPSA) is 58.4 Å². The molecular formula is C18H26N4O2S4. The summed E-state index contributed by atoms with van der Waals surface area (Å²) in [5, 5.41) is 4.60. The quantitative estimate of drug-likeness (QED) is 0.465. The zero-order chi connectivity index (χ0) is 20.3. The Kier molecular flexibility index (Phi) is 7.32. The highest BCUT2D eigenvalue weighted by Crippen LogP contribution is 2.24. The third kappa shape index (κ3) is 5.03. The fourth-order valence-corrected chi connectivity index (χ4v) is 7.02. The second kappa shape index (κ2) is 9.36. The summed E-state index contributed by atoms with van der Waals surface area (Å²) in [5.74, 6) is 1.04. The number of nitrogens with zero attached hydrogens (tertiary/aromatic N) is 4. The molecule has 0 bridgehead atoms. The van der Waals surface area contributed by atoms with Gasteiger partial charge >= 0.3 is 0 Å². The predicted molar refractivity (Wildman–Crippen MR) is 118 cm³/mol. The number of hydrogen-bond donors (Lipinski definition) is 0. The van der Waals surface area contributed by atoms with E-state index in [9.17, 15) is 8.42 Å². The maximum absolute atomic E-state index is 13.0. The molecule has 0 spiro atoms. The van der Waals surface area contributed by atoms with Gasteiger partial charge in [-0.05, 0) is 44.1 Å². The molecule has 3 rings (SSSR count). The van der Waals surface area contributed by atoms with Crippen molar-refractivity contribution in [3.63, 3.8) is 0 Å². The molecule has 6 nitrogen and oxygen atoms in total. The Morgan fingerprint density at radius 1 is 1.21 bits per heavy atom. The van der Waals surface area contributed by atoms with Crippen LogP contribution in [-0.2, 0) is 16.7 Å². The molecule has 1 aliphatic heterocycles. The summed E-state index contributed by atoms with van der Waals surface area (Å²) in [6.07, 6.45) is 1.11. The van der Waals surface area contributed by atoms with Crippen LogP contribution in [0.5, 0.6) is 0 Å². The minimum atomic E-state index is -3.46. The molecule has 0 N–H and O–H groups in total. The highest BCUT2D eigenvalue weighted by molar-refractivity contribution is 8.01. The van der Waals surface area contributed by atoms with Crippen LogP contribution in [0.2, 0.25) is 0 Å². The minimum Gasteiger partial charge on any atom is -0.282 e. The lowest BCUT2D eigenvalue weighted by Crippen LogP contribution is -2.49. The molecule has 28 heavy (non-hydrogen) atoms. The normalized spacial score (nSPS) is 16.5. The first-order valence-electron chi connectivity index (χ1n) is 9.31. The van der Waals surface area contributed by atoms with E-state index in [4.69, 9.17) is 12.2 Å². The first-order chi connectivity index (χ1) is 13.3. The summed E-state index contributed by atoms with van der Waals surface area (Å²) < 4.78 is 31.2. The largest absolute Gasteiger partial charge is 0.282 e. The molecule has 2 aromatic rings. The van der Waals surface area contributed by atoms with Crippen LogP contribution in [0.3, 0.4) is 0 Å². The molecule has 1 saturated heterocycles. The minimum absolute atomic E-state index is 0.408. The van der Waals surface area contributed by atoms with Crippen molar-refractivity contribution in [1.82, 2.24) is 19.0 Å². The van der Waals surface area contributed by atoms with Gasteiger partial charge in [0.1, 0.15) is 0 Å². The van der Waals surface area contributed by atoms with E-state index in [2.05, 4.69) is 16.9 Å². The lowest BCUT2D eigenvalue weighted by molar-refractivity contribution is 0.144. The molecule has 0 aliphatic carbocycles. The van der Waals surface area contributed by atoms with Crippen LogP contribution in [0.25, 0.3) is 0 Å². The number of benzene rings is 1. The van der Waals surface area contributed by atoms with Gasteiger partial charge in [0.2, 0.25) is 10.0 Å². The van der Waals surface area contributed by atoms with Crippen LogP contribution in [-0.4, -0.2) is 59.3 Å². The third-order valence-electron chi connectivity index (χ3n) is 4.63. The number of aromatic nitrogens is 2. The highest BCUT2D eigenvalue weighted by Gasteiger charge is 2.29. The molecule has 0 radical (unpaired) electrons. The van der Waals surface area contributed by atoms with E-state index in [0.717, 1.165) is 31.6 Å². The fraction of sp³-hybridized carbons (Fsp3) is 0.556. The second-order valence-corrected chi connectivity index (χ2v) is 11.8. The van der Waals surface area contributed by atoms with E-state index in [0.29, 0.717) is 37.7 Å². The Morgan fingerprint density at radius 2 is 1.93 bits per heavy atom. The third-order valence-corrected chi connectivity index (χ3v) is 9.34. The molecule has 10 heteroatoms. The van der Waals surface area contributed by atoms with E-state index in [-0.39, 0.29) is 0 Å². The Bertz CT molecular complexity index is 976. The molecule has 154 valence electrons. The lowest BCUT2D eigenvalue weighted by atomic mass is 10.2. The molecule has 0 amide bonds. The monoisotopic (exact) mass is 458 g/mol. The van der Waals surface area contributed by atoms with Crippen molar-refractivity contribution < 1.29 is 8.42 Å². The van der Waals surface area contributed by atoms with Crippen LogP contribution in [0, 0.1) is 17.8 Å². The van der Waals surface area contributed by atoms with Crippen molar-refractivity contribution in [3.8, 4) is 0 Å². The molecule has 2 heterocycles. The standard InChI is InChI=1S/C18H26N4O2S4/c1-4-11-26-17-19-22(18(25)27-17)13-20-7-9-21(10-8-20)28(23,24)16-6-5-14(2)12-15(16)3/h5-6,12H,4,7-11,13H2,1-3H3. The van der Waals surface area contributed by atoms with Gasteiger partial charge in [0.15, 0.2) is 8.29 Å². The summed E-state index contributed by atoms with van der Waals surface area (Å²) >= 11 is 8.71. The molecular weight excluding hydrogens is 432 g/mol. The van der Waals surface area contributed by atoms with Gasteiger partial charge in [-0.3, -0.25) is 4.90 Å². The Hall–Kier alpha value is -0.780. The smallest absolute Gasteiger partial charge is 0.243 e. The van der Waals surface area contributed by atoms with E-state index < -0.39 is 10.0 Å². The van der Waals surface area contributed by atoms with Crippen LogP contribution >= 0.6 is 35.3 Å². The maximum atomic E-state index is 13.0. The van der Waals surface area contributed by atoms with Crippen molar-refractivity contribution >= 4 is 45.3 Å². The zero-order valence-corrected chi connectivity index (χ0v) is 19.7. The van der Waals surface area contributed by atoms with Crippen molar-refractivity contribution in [2.45, 2.75) is 43.1 Å². The predicted octanol–water partition coefficient (Wildman–Crippen LogP) is 3.76. The molecule has 0 saturated carbocycles. The average molecular weight is 459 g/mol. The number of hydrogen-bond acceptors (Lipinski definition) is 7. The first kappa shape index (κ1) is 21.9. The van der Waals surface area contributed by atoms with Gasteiger partial charge in [0, 0.05) is 31.9 Å². The van der Waals surface area contributed by atoms with Crippen molar-refractivity contribution in [2.75, 3.05) is 31.9 Å². The van der Waals surface area contributed by atoms with Crippen molar-refractivity contribution in [1.29, 1.82) is 0 Å². The van der Waals surface area contributed by atoms with Crippen LogP contribution in [0.4, 0.5) is 0 Å². The summed E-state index contributed by atoms with van der Waals surface area (Å²) in [7, 11) is -3.46. The molecule has 1 aliphatic rings. The first-order valence-corrected chi connectivity index (χ1v) is 13.0. The number of sulfonamides is 1. The molecule has 0 atom stereocenters. The average Bonchev–Trinajstić information content (AvgIpc) is 2.99. The lowest BCUT2D eigenvalue weighted by Gasteiger charge is -2.34.